The highest BCUT2D eigenvalue weighted by Crippen LogP contribution is 2.39. The first-order chi connectivity index (χ1) is 13.9. The Morgan fingerprint density at radius 1 is 1.13 bits per heavy atom. The molecular formula is C21H24Cl2N4O3. The average Bonchev–Trinajstić information content (AvgIpc) is 2.80. The van der Waals surface area contributed by atoms with Crippen molar-refractivity contribution in [3.8, 4) is 0 Å². The fourth-order valence-electron chi connectivity index (χ4n) is 3.26. The number of halogens is 2. The van der Waals surface area contributed by atoms with Crippen LogP contribution >= 0.6 is 24.0 Å². The first-order valence-electron chi connectivity index (χ1n) is 9.27. The lowest BCUT2D eigenvalue weighted by molar-refractivity contribution is -0.126. The van der Waals surface area contributed by atoms with Crippen LogP contribution in [0.5, 0.6) is 0 Å². The SMILES string of the molecule is CN(C)CCCN(C=O)CC(=O)N1c2ccc(Cl)cc2NC(=O)c2ccccc21.Cl. The van der Waals surface area contributed by atoms with Gasteiger partial charge in [0.2, 0.25) is 6.41 Å². The van der Waals surface area contributed by atoms with Crippen molar-refractivity contribution < 1.29 is 14.4 Å². The lowest BCUT2D eigenvalue weighted by Gasteiger charge is -2.27. The van der Waals surface area contributed by atoms with E-state index in [-0.39, 0.29) is 30.8 Å². The van der Waals surface area contributed by atoms with E-state index in [1.807, 2.05) is 19.0 Å². The van der Waals surface area contributed by atoms with Gasteiger partial charge < -0.3 is 15.1 Å². The number of carbonyl (C=O) groups excluding carboxylic acids is 3. The number of nitrogens with one attached hydrogen (secondary N) is 1. The molecule has 9 heteroatoms. The Morgan fingerprint density at radius 3 is 2.57 bits per heavy atom. The lowest BCUT2D eigenvalue weighted by Crippen LogP contribution is -2.38. The van der Waals surface area contributed by atoms with Gasteiger partial charge in [-0.15, -0.1) is 12.4 Å². The van der Waals surface area contributed by atoms with Crippen LogP contribution in [-0.2, 0) is 9.59 Å². The fourth-order valence-corrected chi connectivity index (χ4v) is 3.43. The number of rotatable bonds is 7. The monoisotopic (exact) mass is 450 g/mol. The molecule has 7 nitrogen and oxygen atoms in total. The molecule has 0 aromatic heterocycles. The molecule has 0 aliphatic carbocycles. The van der Waals surface area contributed by atoms with Crippen molar-refractivity contribution in [3.63, 3.8) is 0 Å². The Labute approximate surface area is 187 Å². The highest BCUT2D eigenvalue weighted by atomic mass is 35.5. The zero-order chi connectivity index (χ0) is 21.0. The molecule has 1 aliphatic rings. The van der Waals surface area contributed by atoms with Crippen LogP contribution in [0.2, 0.25) is 5.02 Å². The summed E-state index contributed by atoms with van der Waals surface area (Å²) in [5.74, 6) is -0.632. The van der Waals surface area contributed by atoms with Crippen molar-refractivity contribution >= 4 is 59.3 Å². The minimum atomic E-state index is -0.322. The van der Waals surface area contributed by atoms with Gasteiger partial charge in [0.1, 0.15) is 6.54 Å². The zero-order valence-corrected chi connectivity index (χ0v) is 18.4. The summed E-state index contributed by atoms with van der Waals surface area (Å²) in [6.07, 6.45) is 1.44. The molecule has 2 aromatic carbocycles. The Balaban J connectivity index is 0.00000320. The summed E-state index contributed by atoms with van der Waals surface area (Å²) in [5, 5.41) is 3.26. The van der Waals surface area contributed by atoms with Crippen LogP contribution in [0, 0.1) is 0 Å². The third-order valence-corrected chi connectivity index (χ3v) is 4.86. The number of nitrogens with zero attached hydrogens (tertiary/aromatic N) is 3. The van der Waals surface area contributed by atoms with Crippen molar-refractivity contribution in [2.45, 2.75) is 6.42 Å². The van der Waals surface area contributed by atoms with Crippen molar-refractivity contribution in [1.29, 1.82) is 0 Å². The van der Waals surface area contributed by atoms with E-state index in [1.54, 1.807) is 42.5 Å². The van der Waals surface area contributed by atoms with Gasteiger partial charge in [0.15, 0.2) is 0 Å². The molecule has 0 saturated heterocycles. The Bertz CT molecular complexity index is 936. The molecule has 3 rings (SSSR count). The van der Waals surface area contributed by atoms with Crippen LogP contribution in [0.4, 0.5) is 17.1 Å². The Hall–Kier alpha value is -2.61. The van der Waals surface area contributed by atoms with E-state index in [9.17, 15) is 14.4 Å². The van der Waals surface area contributed by atoms with Gasteiger partial charge in [0, 0.05) is 11.6 Å². The summed E-state index contributed by atoms with van der Waals surface area (Å²) >= 11 is 6.09. The summed E-state index contributed by atoms with van der Waals surface area (Å²) in [4.78, 5) is 42.4. The number of anilines is 3. The molecular weight excluding hydrogens is 427 g/mol. The minimum absolute atomic E-state index is 0. The quantitative estimate of drug-likeness (QED) is 0.655. The van der Waals surface area contributed by atoms with Crippen LogP contribution in [-0.4, -0.2) is 61.8 Å². The summed E-state index contributed by atoms with van der Waals surface area (Å²) in [6.45, 7) is 1.18. The van der Waals surface area contributed by atoms with Gasteiger partial charge in [-0.05, 0) is 57.4 Å². The van der Waals surface area contributed by atoms with Crippen LogP contribution < -0.4 is 10.2 Å². The molecule has 0 radical (unpaired) electrons. The maximum atomic E-state index is 13.3. The molecule has 0 atom stereocenters. The molecule has 160 valence electrons. The van der Waals surface area contributed by atoms with Gasteiger partial charge in [0.25, 0.3) is 11.8 Å². The molecule has 3 amide bonds. The van der Waals surface area contributed by atoms with Crippen LogP contribution in [0.3, 0.4) is 0 Å². The number of hydrogen-bond acceptors (Lipinski definition) is 4. The predicted octanol–water partition coefficient (Wildman–Crippen LogP) is 3.40. The van der Waals surface area contributed by atoms with Crippen LogP contribution in [0.1, 0.15) is 16.8 Å². The smallest absolute Gasteiger partial charge is 0.257 e. The molecule has 1 N–H and O–H groups in total. The van der Waals surface area contributed by atoms with E-state index in [2.05, 4.69) is 5.32 Å². The number of benzene rings is 2. The Morgan fingerprint density at radius 2 is 1.87 bits per heavy atom. The van der Waals surface area contributed by atoms with Gasteiger partial charge in [-0.25, -0.2) is 0 Å². The van der Waals surface area contributed by atoms with E-state index < -0.39 is 0 Å². The van der Waals surface area contributed by atoms with E-state index in [0.717, 1.165) is 13.0 Å². The normalized spacial score (nSPS) is 12.3. The van der Waals surface area contributed by atoms with E-state index in [4.69, 9.17) is 11.6 Å². The van der Waals surface area contributed by atoms with E-state index in [1.165, 1.54) is 9.80 Å². The molecule has 0 saturated carbocycles. The van der Waals surface area contributed by atoms with Crippen molar-refractivity contribution in [2.24, 2.45) is 0 Å². The summed E-state index contributed by atoms with van der Waals surface area (Å²) in [5.41, 5.74) is 1.79. The Kier molecular flexibility index (Phi) is 8.23. The third-order valence-electron chi connectivity index (χ3n) is 4.62. The van der Waals surface area contributed by atoms with Gasteiger partial charge in [-0.2, -0.15) is 0 Å². The lowest BCUT2D eigenvalue weighted by atomic mass is 10.1. The molecule has 1 heterocycles. The molecule has 2 aromatic rings. The second kappa shape index (κ2) is 10.4. The second-order valence-corrected chi connectivity index (χ2v) is 7.53. The topological polar surface area (TPSA) is 73.0 Å². The number of hydrogen-bond donors (Lipinski definition) is 1. The molecule has 0 bridgehead atoms. The largest absolute Gasteiger partial charge is 0.336 e. The van der Waals surface area contributed by atoms with Crippen molar-refractivity contribution in [2.75, 3.05) is 43.9 Å². The number of fused-ring (bicyclic) bond motifs is 2. The zero-order valence-electron chi connectivity index (χ0n) is 16.8. The van der Waals surface area contributed by atoms with Crippen molar-refractivity contribution in [3.05, 3.63) is 53.1 Å². The highest BCUT2D eigenvalue weighted by Gasteiger charge is 2.30. The molecule has 1 aliphatic heterocycles. The van der Waals surface area contributed by atoms with E-state index >= 15 is 0 Å². The second-order valence-electron chi connectivity index (χ2n) is 7.09. The molecule has 0 spiro atoms. The average molecular weight is 451 g/mol. The van der Waals surface area contributed by atoms with Gasteiger partial charge in [-0.3, -0.25) is 19.3 Å². The molecule has 30 heavy (non-hydrogen) atoms. The summed E-state index contributed by atoms with van der Waals surface area (Å²) in [7, 11) is 3.91. The summed E-state index contributed by atoms with van der Waals surface area (Å²) < 4.78 is 0. The van der Waals surface area contributed by atoms with Crippen molar-refractivity contribution in [1.82, 2.24) is 9.80 Å². The summed E-state index contributed by atoms with van der Waals surface area (Å²) in [6, 6.07) is 11.8. The number of amides is 3. The van der Waals surface area contributed by atoms with Crippen LogP contribution in [0.15, 0.2) is 42.5 Å². The minimum Gasteiger partial charge on any atom is -0.336 e. The number of para-hydroxylation sites is 1. The standard InChI is InChI=1S/C21H23ClN4O3.ClH/c1-24(2)10-5-11-25(14-27)13-20(28)26-18-7-4-3-6-16(18)21(29)23-17-12-15(22)8-9-19(17)26;/h3-4,6-9,12,14H,5,10-11,13H2,1-2H3,(H,23,29);1H. The van der Waals surface area contributed by atoms with Gasteiger partial charge in [0.05, 0.1) is 22.6 Å². The fraction of sp³-hybridized carbons (Fsp3) is 0.286. The maximum Gasteiger partial charge on any atom is 0.257 e. The van der Waals surface area contributed by atoms with Gasteiger partial charge >= 0.3 is 0 Å². The van der Waals surface area contributed by atoms with Crippen LogP contribution in [0.25, 0.3) is 0 Å². The predicted molar refractivity (Wildman–Crippen MR) is 121 cm³/mol. The maximum absolute atomic E-state index is 13.3. The van der Waals surface area contributed by atoms with E-state index in [0.29, 0.717) is 40.6 Å². The molecule has 0 unspecified atom stereocenters. The third kappa shape index (κ3) is 5.30. The highest BCUT2D eigenvalue weighted by molar-refractivity contribution is 6.31. The number of carbonyl (C=O) groups is 3. The first kappa shape index (κ1) is 23.7. The van der Waals surface area contributed by atoms with Gasteiger partial charge in [-0.1, -0.05) is 23.7 Å². The first-order valence-corrected chi connectivity index (χ1v) is 9.65. The molecule has 0 fully saturated rings.